The number of carbonyl (C=O) groups excluding carboxylic acids is 1. The van der Waals surface area contributed by atoms with Crippen LogP contribution in [-0.4, -0.2) is 15.5 Å². The van der Waals surface area contributed by atoms with Crippen LogP contribution in [0.4, 0.5) is 4.79 Å². The maximum Gasteiger partial charge on any atom is 0.318 e. The molecule has 32 heavy (non-hydrogen) atoms. The minimum Gasteiger partial charge on any atom is -0.334 e. The first-order valence-corrected chi connectivity index (χ1v) is 12.9. The van der Waals surface area contributed by atoms with Crippen LogP contribution in [0.25, 0.3) is 5.00 Å². The van der Waals surface area contributed by atoms with Crippen LogP contribution in [0.3, 0.4) is 0 Å². The number of fused-ring (bicyclic) bond motifs is 5. The molecule has 0 unspecified atom stereocenters. The van der Waals surface area contributed by atoms with E-state index in [9.17, 15) is 4.79 Å². The van der Waals surface area contributed by atoms with Crippen molar-refractivity contribution in [2.75, 3.05) is 0 Å². The van der Waals surface area contributed by atoms with Gasteiger partial charge in [-0.15, -0.1) is 22.7 Å². The molecule has 1 aliphatic heterocycles. The highest BCUT2D eigenvalue weighted by Gasteiger charge is 2.36. The van der Waals surface area contributed by atoms with Crippen molar-refractivity contribution in [2.45, 2.75) is 44.8 Å². The first kappa shape index (κ1) is 19.8. The largest absolute Gasteiger partial charge is 0.334 e. The Hall–Kier alpha value is -2.83. The van der Waals surface area contributed by atoms with E-state index in [1.54, 1.807) is 11.3 Å². The van der Waals surface area contributed by atoms with Gasteiger partial charge in [0.25, 0.3) is 0 Å². The van der Waals surface area contributed by atoms with Crippen LogP contribution in [0.5, 0.6) is 0 Å². The number of urea groups is 1. The zero-order valence-corrected chi connectivity index (χ0v) is 19.4. The molecule has 3 aromatic heterocycles. The molecule has 4 heterocycles. The van der Waals surface area contributed by atoms with E-state index in [2.05, 4.69) is 57.9 Å². The Balaban J connectivity index is 1.43. The van der Waals surface area contributed by atoms with Gasteiger partial charge in [0.05, 0.1) is 12.2 Å². The first-order chi connectivity index (χ1) is 15.8. The van der Waals surface area contributed by atoms with Gasteiger partial charge in [0.1, 0.15) is 11.0 Å². The molecule has 0 fully saturated rings. The van der Waals surface area contributed by atoms with Crippen molar-refractivity contribution in [3.63, 3.8) is 0 Å². The van der Waals surface area contributed by atoms with E-state index < -0.39 is 0 Å². The minimum atomic E-state index is -0.0976. The third-order valence-electron chi connectivity index (χ3n) is 6.54. The zero-order valence-electron chi connectivity index (χ0n) is 17.8. The first-order valence-electron chi connectivity index (χ1n) is 11.2. The number of benzene rings is 1. The predicted octanol–water partition coefficient (Wildman–Crippen LogP) is 6.29. The molecule has 162 valence electrons. The summed E-state index contributed by atoms with van der Waals surface area (Å²) in [5.74, 6) is 0. The highest BCUT2D eigenvalue weighted by Crippen LogP contribution is 2.44. The Morgan fingerprint density at radius 2 is 1.88 bits per heavy atom. The van der Waals surface area contributed by atoms with Crippen molar-refractivity contribution in [3.05, 3.63) is 98.3 Å². The van der Waals surface area contributed by atoms with E-state index in [0.29, 0.717) is 13.1 Å². The molecule has 0 bridgehead atoms. The SMILES string of the molecule is O=C(NCc1ccccc1)N1Cc2c(sc3c2CCCC3)-n2cccc2[C@@H]1c1cccs1. The van der Waals surface area contributed by atoms with E-state index in [1.165, 1.54) is 44.4 Å². The van der Waals surface area contributed by atoms with Crippen molar-refractivity contribution in [3.8, 4) is 5.00 Å². The van der Waals surface area contributed by atoms with Gasteiger partial charge in [0.2, 0.25) is 0 Å². The fourth-order valence-corrected chi connectivity index (χ4v) is 7.26. The molecule has 1 aliphatic carbocycles. The fourth-order valence-electron chi connectivity index (χ4n) is 5.01. The van der Waals surface area contributed by atoms with Crippen molar-refractivity contribution in [2.24, 2.45) is 0 Å². The number of aromatic nitrogens is 1. The van der Waals surface area contributed by atoms with E-state index in [4.69, 9.17) is 0 Å². The Kier molecular flexibility index (Phi) is 5.12. The van der Waals surface area contributed by atoms with Crippen LogP contribution >= 0.6 is 22.7 Å². The molecular weight excluding hydrogens is 434 g/mol. The van der Waals surface area contributed by atoms with Crippen molar-refractivity contribution in [1.29, 1.82) is 0 Å². The summed E-state index contributed by atoms with van der Waals surface area (Å²) in [4.78, 5) is 18.4. The number of hydrogen-bond donors (Lipinski definition) is 1. The summed E-state index contributed by atoms with van der Waals surface area (Å²) in [6.07, 6.45) is 6.97. The van der Waals surface area contributed by atoms with Crippen LogP contribution in [0, 0.1) is 0 Å². The van der Waals surface area contributed by atoms with Crippen LogP contribution < -0.4 is 5.32 Å². The fraction of sp³-hybridized carbons (Fsp3) is 0.269. The van der Waals surface area contributed by atoms with E-state index in [0.717, 1.165) is 18.4 Å². The maximum absolute atomic E-state index is 13.7. The highest BCUT2D eigenvalue weighted by atomic mass is 32.1. The summed E-state index contributed by atoms with van der Waals surface area (Å²) in [6.45, 7) is 1.18. The molecule has 2 aliphatic rings. The number of nitrogens with one attached hydrogen (secondary N) is 1. The average Bonchev–Trinajstić information content (AvgIpc) is 3.58. The molecule has 0 spiro atoms. The second kappa shape index (κ2) is 8.26. The maximum atomic E-state index is 13.7. The summed E-state index contributed by atoms with van der Waals surface area (Å²) in [5.41, 5.74) is 5.11. The molecular formula is C26H25N3OS2. The number of rotatable bonds is 3. The average molecular weight is 460 g/mol. The van der Waals surface area contributed by atoms with Crippen LogP contribution in [0.2, 0.25) is 0 Å². The predicted molar refractivity (Wildman–Crippen MR) is 131 cm³/mol. The van der Waals surface area contributed by atoms with E-state index in [-0.39, 0.29) is 12.1 Å². The highest BCUT2D eigenvalue weighted by molar-refractivity contribution is 7.15. The molecule has 2 amide bonds. The van der Waals surface area contributed by atoms with Gasteiger partial charge in [0, 0.05) is 28.1 Å². The molecule has 0 saturated heterocycles. The Morgan fingerprint density at radius 1 is 1.00 bits per heavy atom. The normalized spacial score (nSPS) is 17.2. The van der Waals surface area contributed by atoms with Crippen molar-refractivity contribution in [1.82, 2.24) is 14.8 Å². The summed E-state index contributed by atoms with van der Waals surface area (Å²) in [6, 6.07) is 18.5. The summed E-state index contributed by atoms with van der Waals surface area (Å²) in [5, 5.41) is 6.61. The molecule has 6 rings (SSSR count). The van der Waals surface area contributed by atoms with Gasteiger partial charge in [-0.2, -0.15) is 0 Å². The number of nitrogens with zero attached hydrogens (tertiary/aromatic N) is 2. The topological polar surface area (TPSA) is 37.3 Å². The molecule has 0 radical (unpaired) electrons. The van der Waals surface area contributed by atoms with Gasteiger partial charge in [-0.05, 0) is 60.4 Å². The minimum absolute atomic E-state index is 0.0105. The molecule has 1 N–H and O–H groups in total. The Morgan fingerprint density at radius 3 is 2.72 bits per heavy atom. The van der Waals surface area contributed by atoms with Gasteiger partial charge in [-0.3, -0.25) is 0 Å². The van der Waals surface area contributed by atoms with Crippen LogP contribution in [0.15, 0.2) is 66.2 Å². The van der Waals surface area contributed by atoms with Crippen LogP contribution in [-0.2, 0) is 25.9 Å². The quantitative estimate of drug-likeness (QED) is 0.384. The van der Waals surface area contributed by atoms with E-state index >= 15 is 0 Å². The second-order valence-corrected chi connectivity index (χ2v) is 10.6. The Labute approximate surface area is 196 Å². The lowest BCUT2D eigenvalue weighted by Crippen LogP contribution is -2.41. The monoisotopic (exact) mass is 459 g/mol. The van der Waals surface area contributed by atoms with Crippen LogP contribution in [0.1, 0.15) is 51.0 Å². The number of amides is 2. The zero-order chi connectivity index (χ0) is 21.5. The summed E-state index contributed by atoms with van der Waals surface area (Å²) in [7, 11) is 0. The molecule has 1 aromatic carbocycles. The van der Waals surface area contributed by atoms with Crippen molar-refractivity contribution >= 4 is 28.7 Å². The smallest absolute Gasteiger partial charge is 0.318 e. The third-order valence-corrected chi connectivity index (χ3v) is 8.80. The second-order valence-electron chi connectivity index (χ2n) is 8.49. The molecule has 1 atom stereocenters. The van der Waals surface area contributed by atoms with Gasteiger partial charge < -0.3 is 14.8 Å². The molecule has 4 aromatic rings. The van der Waals surface area contributed by atoms with Gasteiger partial charge >= 0.3 is 6.03 Å². The molecule has 0 saturated carbocycles. The molecule has 6 heteroatoms. The standard InChI is InChI=1S/C26H25N3OS2/c30-26(27-16-18-8-2-1-3-9-18)29-17-20-19-10-4-5-12-22(19)32-25(20)28-14-6-11-21(28)24(29)23-13-7-15-31-23/h1-3,6-9,11,13-15,24H,4-5,10,12,16-17H2,(H,27,30)/t24-/m1/s1. The molecule has 4 nitrogen and oxygen atoms in total. The third kappa shape index (κ3) is 3.38. The number of hydrogen-bond acceptors (Lipinski definition) is 3. The van der Waals surface area contributed by atoms with Gasteiger partial charge in [-0.1, -0.05) is 36.4 Å². The van der Waals surface area contributed by atoms with Gasteiger partial charge in [0.15, 0.2) is 0 Å². The van der Waals surface area contributed by atoms with E-state index in [1.807, 2.05) is 34.4 Å². The summed E-state index contributed by atoms with van der Waals surface area (Å²) >= 11 is 3.65. The lowest BCUT2D eigenvalue weighted by atomic mass is 9.95. The number of aryl methyl sites for hydroxylation is 1. The lowest BCUT2D eigenvalue weighted by Gasteiger charge is -2.30. The Bertz CT molecular complexity index is 1240. The summed E-state index contributed by atoms with van der Waals surface area (Å²) < 4.78 is 2.34. The lowest BCUT2D eigenvalue weighted by molar-refractivity contribution is 0.181. The van der Waals surface area contributed by atoms with Crippen molar-refractivity contribution < 1.29 is 4.79 Å². The number of carbonyl (C=O) groups is 1. The number of thiophene rings is 2. The van der Waals surface area contributed by atoms with Gasteiger partial charge in [-0.25, -0.2) is 4.79 Å².